The Morgan fingerprint density at radius 2 is 1.73 bits per heavy atom. The molecule has 1 aliphatic heterocycles. The van der Waals surface area contributed by atoms with Gasteiger partial charge in [0.25, 0.3) is 0 Å². The lowest BCUT2D eigenvalue weighted by Crippen LogP contribution is -2.30. The van der Waals surface area contributed by atoms with E-state index in [1.807, 2.05) is 30.3 Å². The molecule has 0 N–H and O–H groups in total. The highest BCUT2D eigenvalue weighted by Gasteiger charge is 2.37. The smallest absolute Gasteiger partial charge is 0.207 e. The maximum Gasteiger partial charge on any atom is 0.245 e. The van der Waals surface area contributed by atoms with Gasteiger partial charge >= 0.3 is 0 Å². The molecule has 0 radical (unpaired) electrons. The molecule has 0 saturated carbocycles. The predicted octanol–water partition coefficient (Wildman–Crippen LogP) is 4.52. The van der Waals surface area contributed by atoms with Gasteiger partial charge in [-0.05, 0) is 30.5 Å². The molecular weight excluding hydrogens is 341 g/mol. The molecule has 1 saturated heterocycles. The lowest BCUT2D eigenvalue weighted by atomic mass is 10.1. The van der Waals surface area contributed by atoms with E-state index < -0.39 is 10.0 Å². The molecule has 1 unspecified atom stereocenters. The summed E-state index contributed by atoms with van der Waals surface area (Å²) in [6.45, 7) is 0.491. The van der Waals surface area contributed by atoms with E-state index in [2.05, 4.69) is 0 Å². The summed E-state index contributed by atoms with van der Waals surface area (Å²) in [6.07, 6.45) is 1.64. The van der Waals surface area contributed by atoms with Gasteiger partial charge in [0.1, 0.15) is 4.90 Å². The van der Waals surface area contributed by atoms with Gasteiger partial charge in [-0.1, -0.05) is 59.6 Å². The molecule has 1 aliphatic rings. The molecule has 0 aromatic heterocycles. The fraction of sp³-hybridized carbons (Fsp3) is 0.250. The monoisotopic (exact) mass is 355 g/mol. The molecule has 3 rings (SSSR count). The third kappa shape index (κ3) is 2.76. The van der Waals surface area contributed by atoms with E-state index in [1.165, 1.54) is 10.4 Å². The van der Waals surface area contributed by atoms with Crippen LogP contribution in [0.15, 0.2) is 53.4 Å². The third-order valence-electron chi connectivity index (χ3n) is 3.89. The summed E-state index contributed by atoms with van der Waals surface area (Å²) in [5.41, 5.74) is 1.00. The fourth-order valence-electron chi connectivity index (χ4n) is 2.85. The van der Waals surface area contributed by atoms with E-state index in [9.17, 15) is 8.42 Å². The first-order valence-electron chi connectivity index (χ1n) is 7.02. The number of halogens is 2. The van der Waals surface area contributed by atoms with Crippen LogP contribution in [0.25, 0.3) is 0 Å². The van der Waals surface area contributed by atoms with E-state index in [1.54, 1.807) is 12.1 Å². The van der Waals surface area contributed by atoms with Crippen molar-refractivity contribution in [3.63, 3.8) is 0 Å². The second-order valence-electron chi connectivity index (χ2n) is 5.24. The molecule has 116 valence electrons. The fourth-order valence-corrected chi connectivity index (χ4v) is 5.27. The van der Waals surface area contributed by atoms with Crippen LogP contribution in [0.2, 0.25) is 10.0 Å². The lowest BCUT2D eigenvalue weighted by molar-refractivity contribution is 0.397. The summed E-state index contributed by atoms with van der Waals surface area (Å²) in [5.74, 6) is 0. The van der Waals surface area contributed by atoms with Crippen molar-refractivity contribution >= 4 is 33.2 Å². The lowest BCUT2D eigenvalue weighted by Gasteiger charge is -2.25. The first-order chi connectivity index (χ1) is 10.5. The second-order valence-corrected chi connectivity index (χ2v) is 7.88. The second kappa shape index (κ2) is 6.20. The van der Waals surface area contributed by atoms with Gasteiger partial charge < -0.3 is 0 Å². The molecule has 3 nitrogen and oxygen atoms in total. The Morgan fingerprint density at radius 1 is 1.00 bits per heavy atom. The molecule has 1 fully saturated rings. The number of hydrogen-bond acceptors (Lipinski definition) is 2. The Morgan fingerprint density at radius 3 is 2.45 bits per heavy atom. The Hall–Kier alpha value is -1.07. The number of rotatable bonds is 3. The van der Waals surface area contributed by atoms with Gasteiger partial charge in [-0.3, -0.25) is 0 Å². The Labute approximate surface area is 140 Å². The topological polar surface area (TPSA) is 37.4 Å². The third-order valence-corrected chi connectivity index (χ3v) is 6.77. The SMILES string of the molecule is O=S(=O)(c1cccc(Cl)c1Cl)N1CCCC1c1ccccc1. The predicted molar refractivity (Wildman–Crippen MR) is 88.8 cm³/mol. The standard InChI is InChI=1S/C16H15Cl2NO2S/c17-13-8-4-10-15(16(13)18)22(20,21)19-11-5-9-14(19)12-6-2-1-3-7-12/h1-4,6-8,10,14H,5,9,11H2. The van der Waals surface area contributed by atoms with Crippen LogP contribution in [0, 0.1) is 0 Å². The van der Waals surface area contributed by atoms with Gasteiger partial charge in [-0.25, -0.2) is 8.42 Å². The largest absolute Gasteiger partial charge is 0.245 e. The zero-order chi connectivity index (χ0) is 15.7. The van der Waals surface area contributed by atoms with Gasteiger partial charge in [0.05, 0.1) is 16.1 Å². The van der Waals surface area contributed by atoms with Gasteiger partial charge in [-0.15, -0.1) is 0 Å². The summed E-state index contributed by atoms with van der Waals surface area (Å²) < 4.78 is 27.5. The highest BCUT2D eigenvalue weighted by Crippen LogP contribution is 2.39. The average molecular weight is 356 g/mol. The molecule has 6 heteroatoms. The molecule has 2 aromatic rings. The number of nitrogens with zero attached hydrogens (tertiary/aromatic N) is 1. The van der Waals surface area contributed by atoms with Crippen LogP contribution >= 0.6 is 23.2 Å². The molecule has 1 heterocycles. The highest BCUT2D eigenvalue weighted by atomic mass is 35.5. The van der Waals surface area contributed by atoms with Crippen molar-refractivity contribution in [2.24, 2.45) is 0 Å². The van der Waals surface area contributed by atoms with Crippen LogP contribution in [0.4, 0.5) is 0 Å². The molecule has 0 aliphatic carbocycles. The zero-order valence-electron chi connectivity index (χ0n) is 11.7. The minimum Gasteiger partial charge on any atom is -0.207 e. The summed E-state index contributed by atoms with van der Waals surface area (Å²) in [7, 11) is -3.67. The van der Waals surface area contributed by atoms with Crippen LogP contribution in [0.3, 0.4) is 0 Å². The van der Waals surface area contributed by atoms with Crippen LogP contribution in [-0.4, -0.2) is 19.3 Å². The van der Waals surface area contributed by atoms with Crippen molar-refractivity contribution in [2.75, 3.05) is 6.54 Å². The molecule has 0 bridgehead atoms. The molecular formula is C16H15Cl2NO2S. The molecule has 2 aromatic carbocycles. The maximum atomic E-state index is 13.0. The van der Waals surface area contributed by atoms with E-state index >= 15 is 0 Å². The quantitative estimate of drug-likeness (QED) is 0.811. The van der Waals surface area contributed by atoms with E-state index in [0.717, 1.165) is 18.4 Å². The van der Waals surface area contributed by atoms with E-state index in [-0.39, 0.29) is 21.0 Å². The first kappa shape index (κ1) is 15.8. The first-order valence-corrected chi connectivity index (χ1v) is 9.22. The van der Waals surface area contributed by atoms with Crippen LogP contribution in [0.1, 0.15) is 24.4 Å². The molecule has 0 amide bonds. The van der Waals surface area contributed by atoms with Crippen LogP contribution < -0.4 is 0 Å². The molecule has 1 atom stereocenters. The zero-order valence-corrected chi connectivity index (χ0v) is 14.1. The van der Waals surface area contributed by atoms with Gasteiger partial charge in [0.15, 0.2) is 0 Å². The van der Waals surface area contributed by atoms with Crippen molar-refractivity contribution in [3.05, 3.63) is 64.1 Å². The van der Waals surface area contributed by atoms with Crippen molar-refractivity contribution in [1.82, 2.24) is 4.31 Å². The minimum absolute atomic E-state index is 0.0736. The number of hydrogen-bond donors (Lipinski definition) is 0. The Kier molecular flexibility index (Phi) is 4.46. The van der Waals surface area contributed by atoms with Crippen molar-refractivity contribution < 1.29 is 8.42 Å². The molecule has 0 spiro atoms. The summed E-state index contributed by atoms with van der Waals surface area (Å²) in [5, 5.41) is 0.334. The maximum absolute atomic E-state index is 13.0. The van der Waals surface area contributed by atoms with Crippen molar-refractivity contribution in [1.29, 1.82) is 0 Å². The van der Waals surface area contributed by atoms with E-state index in [4.69, 9.17) is 23.2 Å². The van der Waals surface area contributed by atoms with Crippen LogP contribution in [-0.2, 0) is 10.0 Å². The minimum atomic E-state index is -3.67. The number of sulfonamides is 1. The van der Waals surface area contributed by atoms with Crippen molar-refractivity contribution in [2.45, 2.75) is 23.8 Å². The summed E-state index contributed by atoms with van der Waals surface area (Å²) in [4.78, 5) is 0.0736. The van der Waals surface area contributed by atoms with Crippen molar-refractivity contribution in [3.8, 4) is 0 Å². The van der Waals surface area contributed by atoms with E-state index in [0.29, 0.717) is 6.54 Å². The number of benzene rings is 2. The van der Waals surface area contributed by atoms with Gasteiger partial charge in [0.2, 0.25) is 10.0 Å². The Bertz CT molecular complexity index is 778. The summed E-state index contributed by atoms with van der Waals surface area (Å²) >= 11 is 12.1. The van der Waals surface area contributed by atoms with Gasteiger partial charge in [-0.2, -0.15) is 4.31 Å². The summed E-state index contributed by atoms with van der Waals surface area (Å²) in [6, 6.07) is 14.2. The highest BCUT2D eigenvalue weighted by molar-refractivity contribution is 7.89. The van der Waals surface area contributed by atoms with Gasteiger partial charge in [0, 0.05) is 6.54 Å². The average Bonchev–Trinajstić information content (AvgIpc) is 3.01. The Balaban J connectivity index is 2.03. The molecule has 22 heavy (non-hydrogen) atoms. The normalized spacial score (nSPS) is 19.5. The van der Waals surface area contributed by atoms with Crippen LogP contribution in [0.5, 0.6) is 0 Å².